The average Bonchev–Trinajstić information content (AvgIpc) is 3.08. The lowest BCUT2D eigenvalue weighted by Crippen LogP contribution is -2.38. The minimum Gasteiger partial charge on any atom is -0.343 e. The van der Waals surface area contributed by atoms with E-state index in [0.29, 0.717) is 26.6 Å². The topological polar surface area (TPSA) is 95.2 Å². The number of hydrogen-bond acceptors (Lipinski definition) is 5. The molecule has 0 atom stereocenters. The highest BCUT2D eigenvalue weighted by molar-refractivity contribution is 7.17. The Bertz CT molecular complexity index is 1030. The van der Waals surface area contributed by atoms with E-state index in [1.807, 2.05) is 0 Å². The van der Waals surface area contributed by atoms with Crippen molar-refractivity contribution in [3.05, 3.63) is 62.5 Å². The highest BCUT2D eigenvalue weighted by Crippen LogP contribution is 2.15. The van der Waals surface area contributed by atoms with Crippen LogP contribution in [0.4, 0.5) is 0 Å². The number of nitrogens with zero attached hydrogens (tertiary/aromatic N) is 2. The molecule has 1 aromatic carbocycles. The fourth-order valence-corrected chi connectivity index (χ4v) is 3.29. The second kappa shape index (κ2) is 7.67. The van der Waals surface area contributed by atoms with Gasteiger partial charge in [-0.2, -0.15) is 0 Å². The maximum absolute atomic E-state index is 12.2. The van der Waals surface area contributed by atoms with Gasteiger partial charge in [-0.3, -0.25) is 14.4 Å². The van der Waals surface area contributed by atoms with Crippen molar-refractivity contribution < 1.29 is 9.59 Å². The van der Waals surface area contributed by atoms with E-state index in [2.05, 4.69) is 15.3 Å². The van der Waals surface area contributed by atoms with Gasteiger partial charge in [0.2, 0.25) is 5.91 Å². The third-order valence-corrected chi connectivity index (χ3v) is 4.93. The maximum atomic E-state index is 12.2. The van der Waals surface area contributed by atoms with Gasteiger partial charge in [-0.05, 0) is 23.6 Å². The summed E-state index contributed by atoms with van der Waals surface area (Å²) in [5.41, 5.74) is 0.674. The Kier molecular flexibility index (Phi) is 5.34. The Labute approximate surface area is 157 Å². The third-order valence-electron chi connectivity index (χ3n) is 3.70. The zero-order valence-corrected chi connectivity index (χ0v) is 15.4. The van der Waals surface area contributed by atoms with Gasteiger partial charge in [0.25, 0.3) is 11.5 Å². The van der Waals surface area contributed by atoms with Crippen LogP contribution in [0.1, 0.15) is 16.2 Å². The molecule has 0 spiro atoms. The zero-order chi connectivity index (χ0) is 18.7. The van der Waals surface area contributed by atoms with Crippen molar-refractivity contribution in [2.75, 3.05) is 13.6 Å². The molecule has 0 aliphatic heterocycles. The smallest absolute Gasteiger partial charge is 0.268 e. The van der Waals surface area contributed by atoms with E-state index in [4.69, 9.17) is 11.6 Å². The summed E-state index contributed by atoms with van der Waals surface area (Å²) < 4.78 is 0.551. The second-order valence-corrected chi connectivity index (χ2v) is 6.88. The van der Waals surface area contributed by atoms with Crippen LogP contribution in [0.2, 0.25) is 5.02 Å². The Morgan fingerprint density at radius 3 is 2.85 bits per heavy atom. The molecule has 2 amide bonds. The van der Waals surface area contributed by atoms with Gasteiger partial charge >= 0.3 is 0 Å². The number of H-pyrrole nitrogens is 1. The summed E-state index contributed by atoms with van der Waals surface area (Å²) in [7, 11) is 1.57. The predicted octanol–water partition coefficient (Wildman–Crippen LogP) is 2.03. The first-order valence-corrected chi connectivity index (χ1v) is 8.94. The first kappa shape index (κ1) is 18.1. The summed E-state index contributed by atoms with van der Waals surface area (Å²) in [6.45, 7) is -0.0622. The SMILES string of the molecule is CN(Cc1nc2ccsc2c(=O)[nH]1)C(=O)CNC(=O)c1ccccc1Cl. The van der Waals surface area contributed by atoms with Gasteiger partial charge in [0.05, 0.1) is 29.2 Å². The second-order valence-electron chi connectivity index (χ2n) is 5.56. The van der Waals surface area contributed by atoms with Crippen LogP contribution in [0.25, 0.3) is 10.2 Å². The molecule has 9 heteroatoms. The molecular weight excluding hydrogens is 376 g/mol. The molecular formula is C17H15ClN4O3S. The van der Waals surface area contributed by atoms with Crippen molar-refractivity contribution in [1.82, 2.24) is 20.2 Å². The molecule has 0 aliphatic rings. The molecule has 7 nitrogen and oxygen atoms in total. The standard InChI is InChI=1S/C17H15ClN4O3S/c1-22(9-13-20-12-6-7-26-15(12)17(25)21-13)14(23)8-19-16(24)10-4-2-3-5-11(10)18/h2-7H,8-9H2,1H3,(H,19,24)(H,20,21,25). The van der Waals surface area contributed by atoms with Gasteiger partial charge < -0.3 is 15.2 Å². The molecule has 0 radical (unpaired) electrons. The lowest BCUT2D eigenvalue weighted by Gasteiger charge is -2.17. The number of likely N-dealkylation sites (N-methyl/N-ethyl adjacent to an activating group) is 1. The first-order valence-electron chi connectivity index (χ1n) is 7.69. The van der Waals surface area contributed by atoms with Gasteiger partial charge in [0.1, 0.15) is 10.5 Å². The third kappa shape index (κ3) is 3.92. The van der Waals surface area contributed by atoms with Gasteiger partial charge in [0.15, 0.2) is 0 Å². The summed E-state index contributed by atoms with van der Waals surface area (Å²) in [6.07, 6.45) is 0. The normalized spacial score (nSPS) is 10.7. The van der Waals surface area contributed by atoms with E-state index < -0.39 is 5.91 Å². The lowest BCUT2D eigenvalue weighted by molar-refractivity contribution is -0.129. The van der Waals surface area contributed by atoms with E-state index in [9.17, 15) is 14.4 Å². The Hall–Kier alpha value is -2.71. The van der Waals surface area contributed by atoms with Crippen molar-refractivity contribution >= 4 is 45.0 Å². The molecule has 2 N–H and O–H groups in total. The lowest BCUT2D eigenvalue weighted by atomic mass is 10.2. The largest absolute Gasteiger partial charge is 0.343 e. The predicted molar refractivity (Wildman–Crippen MR) is 100 cm³/mol. The summed E-state index contributed by atoms with van der Waals surface area (Å²) in [6, 6.07) is 8.35. The molecule has 0 unspecified atom stereocenters. The number of amides is 2. The highest BCUT2D eigenvalue weighted by Gasteiger charge is 2.15. The van der Waals surface area contributed by atoms with Crippen LogP contribution in [-0.2, 0) is 11.3 Å². The fraction of sp³-hybridized carbons (Fsp3) is 0.176. The molecule has 0 saturated heterocycles. The number of aromatic amines is 1. The van der Waals surface area contributed by atoms with Crippen molar-refractivity contribution in [3.63, 3.8) is 0 Å². The van der Waals surface area contributed by atoms with Crippen LogP contribution in [0, 0.1) is 0 Å². The van der Waals surface area contributed by atoms with E-state index in [0.717, 1.165) is 0 Å². The zero-order valence-electron chi connectivity index (χ0n) is 13.8. The number of thiophene rings is 1. The van der Waals surface area contributed by atoms with Crippen LogP contribution in [0.5, 0.6) is 0 Å². The van der Waals surface area contributed by atoms with E-state index in [-0.39, 0.29) is 24.6 Å². The molecule has 2 heterocycles. The van der Waals surface area contributed by atoms with Crippen LogP contribution in [-0.4, -0.2) is 40.3 Å². The summed E-state index contributed by atoms with van der Waals surface area (Å²) in [5, 5.41) is 4.64. The Balaban J connectivity index is 1.61. The van der Waals surface area contributed by atoms with Crippen LogP contribution < -0.4 is 10.9 Å². The van der Waals surface area contributed by atoms with Gasteiger partial charge in [0, 0.05) is 7.05 Å². The van der Waals surface area contributed by atoms with Crippen molar-refractivity contribution in [3.8, 4) is 0 Å². The van der Waals surface area contributed by atoms with Crippen molar-refractivity contribution in [1.29, 1.82) is 0 Å². The van der Waals surface area contributed by atoms with Crippen molar-refractivity contribution in [2.24, 2.45) is 0 Å². The number of carbonyl (C=O) groups excluding carboxylic acids is 2. The van der Waals surface area contributed by atoms with Gasteiger partial charge in [-0.25, -0.2) is 4.98 Å². The summed E-state index contributed by atoms with van der Waals surface area (Å²) >= 11 is 7.27. The number of aromatic nitrogens is 2. The fourth-order valence-electron chi connectivity index (χ4n) is 2.34. The molecule has 0 saturated carbocycles. The number of carbonyl (C=O) groups is 2. The summed E-state index contributed by atoms with van der Waals surface area (Å²) in [5.74, 6) is -0.365. The number of rotatable bonds is 5. The van der Waals surface area contributed by atoms with E-state index >= 15 is 0 Å². The number of hydrogen-bond donors (Lipinski definition) is 2. The minimum absolute atomic E-state index is 0.127. The molecule has 26 heavy (non-hydrogen) atoms. The van der Waals surface area contributed by atoms with Gasteiger partial charge in [-0.15, -0.1) is 11.3 Å². The van der Waals surface area contributed by atoms with Crippen LogP contribution in [0.3, 0.4) is 0 Å². The van der Waals surface area contributed by atoms with E-state index in [1.165, 1.54) is 16.2 Å². The Morgan fingerprint density at radius 1 is 1.31 bits per heavy atom. The number of halogens is 1. The number of nitrogens with one attached hydrogen (secondary N) is 2. The monoisotopic (exact) mass is 390 g/mol. The maximum Gasteiger partial charge on any atom is 0.268 e. The summed E-state index contributed by atoms with van der Waals surface area (Å²) in [4.78, 5) is 44.6. The molecule has 0 bridgehead atoms. The molecule has 3 aromatic rings. The van der Waals surface area contributed by atoms with Crippen LogP contribution in [0.15, 0.2) is 40.5 Å². The molecule has 0 fully saturated rings. The van der Waals surface area contributed by atoms with Gasteiger partial charge in [-0.1, -0.05) is 23.7 Å². The first-order chi connectivity index (χ1) is 12.5. The minimum atomic E-state index is -0.427. The Morgan fingerprint density at radius 2 is 2.08 bits per heavy atom. The molecule has 0 aliphatic carbocycles. The molecule has 2 aromatic heterocycles. The highest BCUT2D eigenvalue weighted by atomic mass is 35.5. The average molecular weight is 391 g/mol. The van der Waals surface area contributed by atoms with E-state index in [1.54, 1.807) is 42.8 Å². The molecule has 3 rings (SSSR count). The quantitative estimate of drug-likeness (QED) is 0.696. The number of benzene rings is 1. The van der Waals surface area contributed by atoms with Crippen molar-refractivity contribution in [2.45, 2.75) is 6.54 Å². The number of fused-ring (bicyclic) bond motifs is 1. The molecule has 134 valence electrons. The van der Waals surface area contributed by atoms with Crippen LogP contribution >= 0.6 is 22.9 Å².